The number of non-ortho nitro benzene ring substituents is 1. The number of rotatable bonds is 8. The highest BCUT2D eigenvalue weighted by molar-refractivity contribution is 8.03. The van der Waals surface area contributed by atoms with Gasteiger partial charge in [0, 0.05) is 29.2 Å². The van der Waals surface area contributed by atoms with Crippen LogP contribution in [0.25, 0.3) is 0 Å². The van der Waals surface area contributed by atoms with E-state index in [1.54, 1.807) is 32.0 Å². The molecular formula is C28H25N5O5S. The number of aryl methyl sites for hydroxylation is 2. The molecule has 10 nitrogen and oxygen atoms in total. The molecule has 0 radical (unpaired) electrons. The molecule has 1 aliphatic heterocycles. The SMILES string of the molecule is CC1=C(C(=O)Nc2cccc(C)c2)[C@@H](c2ccco2)C(C#N)=C(SCC(=O)Nc2ccc([N+](=O)[O-])cc2C)N1. The first-order valence-electron chi connectivity index (χ1n) is 11.9. The van der Waals surface area contributed by atoms with Gasteiger partial charge >= 0.3 is 0 Å². The summed E-state index contributed by atoms with van der Waals surface area (Å²) >= 11 is 1.11. The number of hydrogen-bond donors (Lipinski definition) is 3. The van der Waals surface area contributed by atoms with Gasteiger partial charge in [0.05, 0.1) is 45.1 Å². The van der Waals surface area contributed by atoms with E-state index in [-0.39, 0.29) is 28.8 Å². The first kappa shape index (κ1) is 27.2. The monoisotopic (exact) mass is 543 g/mol. The van der Waals surface area contributed by atoms with E-state index in [0.717, 1.165) is 17.3 Å². The number of amides is 2. The van der Waals surface area contributed by atoms with E-state index in [0.29, 0.717) is 39.0 Å². The molecule has 2 heterocycles. The summed E-state index contributed by atoms with van der Waals surface area (Å²) in [5, 5.41) is 30.3. The third-order valence-electron chi connectivity index (χ3n) is 6.04. The van der Waals surface area contributed by atoms with Gasteiger partial charge in [-0.2, -0.15) is 5.26 Å². The molecule has 0 saturated heterocycles. The number of nitro groups is 1. The third kappa shape index (κ3) is 6.19. The average Bonchev–Trinajstić information content (AvgIpc) is 3.42. The summed E-state index contributed by atoms with van der Waals surface area (Å²) in [4.78, 5) is 36.6. The van der Waals surface area contributed by atoms with Crippen molar-refractivity contribution in [3.8, 4) is 6.07 Å². The van der Waals surface area contributed by atoms with E-state index in [2.05, 4.69) is 22.0 Å². The topological polar surface area (TPSA) is 150 Å². The lowest BCUT2D eigenvalue weighted by molar-refractivity contribution is -0.384. The van der Waals surface area contributed by atoms with Gasteiger partial charge in [0.1, 0.15) is 5.76 Å². The number of nitrogens with one attached hydrogen (secondary N) is 3. The Hall–Kier alpha value is -4.82. The van der Waals surface area contributed by atoms with Crippen LogP contribution in [0.15, 0.2) is 87.1 Å². The molecule has 0 saturated carbocycles. The molecule has 3 aromatic rings. The number of anilines is 2. The Kier molecular flexibility index (Phi) is 8.17. The standard InChI is InChI=1S/C28H25N5O5S/c1-16-6-4-7-19(12-16)31-27(35)25-18(3)30-28(21(14-29)26(25)23-8-5-11-38-23)39-15-24(34)32-22-10-9-20(33(36)37)13-17(22)2/h4-13,26,30H,15H2,1-3H3,(H,31,35)(H,32,34)/t26-/m1/s1. The Morgan fingerprint density at radius 3 is 2.56 bits per heavy atom. The summed E-state index contributed by atoms with van der Waals surface area (Å²) < 4.78 is 5.63. The van der Waals surface area contributed by atoms with Gasteiger partial charge in [-0.05, 0) is 62.2 Å². The highest BCUT2D eigenvalue weighted by Crippen LogP contribution is 2.41. The lowest BCUT2D eigenvalue weighted by Gasteiger charge is -2.28. The van der Waals surface area contributed by atoms with Crippen LogP contribution in [-0.4, -0.2) is 22.5 Å². The fourth-order valence-corrected chi connectivity index (χ4v) is 5.11. The van der Waals surface area contributed by atoms with Crippen LogP contribution in [0, 0.1) is 35.3 Å². The summed E-state index contributed by atoms with van der Waals surface area (Å²) in [7, 11) is 0. The lowest BCUT2D eigenvalue weighted by atomic mass is 9.85. The normalized spacial score (nSPS) is 14.9. The molecule has 0 aliphatic carbocycles. The van der Waals surface area contributed by atoms with Gasteiger partial charge in [0.2, 0.25) is 5.91 Å². The number of nitrogens with zero attached hydrogens (tertiary/aromatic N) is 2. The Labute approximate surface area is 228 Å². The number of carbonyl (C=O) groups excluding carboxylic acids is 2. The Morgan fingerprint density at radius 2 is 1.92 bits per heavy atom. The number of furan rings is 1. The van der Waals surface area contributed by atoms with Crippen molar-refractivity contribution < 1.29 is 18.9 Å². The summed E-state index contributed by atoms with van der Waals surface area (Å²) in [6.45, 7) is 5.32. The summed E-state index contributed by atoms with van der Waals surface area (Å²) in [5.41, 5.74) is 3.65. The molecule has 39 heavy (non-hydrogen) atoms. The van der Waals surface area contributed by atoms with Crippen LogP contribution in [0.2, 0.25) is 0 Å². The first-order valence-corrected chi connectivity index (χ1v) is 12.9. The Balaban J connectivity index is 1.56. The molecule has 0 bridgehead atoms. The van der Waals surface area contributed by atoms with Crippen LogP contribution in [0.3, 0.4) is 0 Å². The quantitative estimate of drug-likeness (QED) is 0.249. The fraction of sp³-hybridized carbons (Fsp3) is 0.179. The fourth-order valence-electron chi connectivity index (χ4n) is 4.21. The molecule has 2 amide bonds. The number of thioether (sulfide) groups is 1. The molecule has 2 aromatic carbocycles. The van der Waals surface area contributed by atoms with Crippen LogP contribution in [0.1, 0.15) is 29.7 Å². The van der Waals surface area contributed by atoms with Gasteiger partial charge in [-0.3, -0.25) is 19.7 Å². The van der Waals surface area contributed by atoms with E-state index in [4.69, 9.17) is 4.42 Å². The van der Waals surface area contributed by atoms with Crippen molar-refractivity contribution in [2.45, 2.75) is 26.7 Å². The molecule has 4 rings (SSSR count). The molecule has 0 fully saturated rings. The zero-order valence-electron chi connectivity index (χ0n) is 21.4. The highest BCUT2D eigenvalue weighted by atomic mass is 32.2. The van der Waals surface area contributed by atoms with E-state index >= 15 is 0 Å². The average molecular weight is 544 g/mol. The number of dihydropyridines is 1. The van der Waals surface area contributed by atoms with Crippen molar-refractivity contribution in [3.63, 3.8) is 0 Å². The second kappa shape index (κ2) is 11.7. The van der Waals surface area contributed by atoms with Gasteiger partial charge in [0.15, 0.2) is 0 Å². The van der Waals surface area contributed by atoms with E-state index in [1.165, 1.54) is 24.5 Å². The summed E-state index contributed by atoms with van der Waals surface area (Å²) in [6, 6.07) is 17.2. The number of nitro benzene ring substituents is 1. The predicted molar refractivity (Wildman–Crippen MR) is 149 cm³/mol. The van der Waals surface area contributed by atoms with Crippen molar-refractivity contribution in [3.05, 3.63) is 110 Å². The van der Waals surface area contributed by atoms with Gasteiger partial charge < -0.3 is 20.4 Å². The van der Waals surface area contributed by atoms with Crippen LogP contribution in [-0.2, 0) is 9.59 Å². The number of carbonyl (C=O) groups is 2. The van der Waals surface area contributed by atoms with Crippen molar-refractivity contribution in [2.75, 3.05) is 16.4 Å². The first-order chi connectivity index (χ1) is 18.7. The van der Waals surface area contributed by atoms with Crippen LogP contribution in [0.5, 0.6) is 0 Å². The van der Waals surface area contributed by atoms with Crippen molar-refractivity contribution in [2.24, 2.45) is 0 Å². The minimum atomic E-state index is -0.779. The lowest BCUT2D eigenvalue weighted by Crippen LogP contribution is -2.31. The molecule has 11 heteroatoms. The summed E-state index contributed by atoms with van der Waals surface area (Å²) in [6.07, 6.45) is 1.48. The second-order valence-electron chi connectivity index (χ2n) is 8.88. The van der Waals surface area contributed by atoms with Gasteiger partial charge in [-0.25, -0.2) is 0 Å². The minimum Gasteiger partial charge on any atom is -0.468 e. The number of benzene rings is 2. The second-order valence-corrected chi connectivity index (χ2v) is 9.87. The zero-order chi connectivity index (χ0) is 28.1. The zero-order valence-corrected chi connectivity index (χ0v) is 22.2. The molecule has 1 atom stereocenters. The van der Waals surface area contributed by atoms with Crippen molar-refractivity contribution in [1.29, 1.82) is 5.26 Å². The van der Waals surface area contributed by atoms with E-state index in [9.17, 15) is 25.0 Å². The van der Waals surface area contributed by atoms with Gasteiger partial charge in [0.25, 0.3) is 11.6 Å². The van der Waals surface area contributed by atoms with Crippen LogP contribution < -0.4 is 16.0 Å². The van der Waals surface area contributed by atoms with Crippen LogP contribution in [0.4, 0.5) is 17.1 Å². The molecule has 1 aromatic heterocycles. The summed E-state index contributed by atoms with van der Waals surface area (Å²) in [5.74, 6) is -1.14. The maximum atomic E-state index is 13.4. The van der Waals surface area contributed by atoms with Gasteiger partial charge in [-0.15, -0.1) is 0 Å². The van der Waals surface area contributed by atoms with Crippen molar-refractivity contribution in [1.82, 2.24) is 5.32 Å². The van der Waals surface area contributed by atoms with Crippen LogP contribution >= 0.6 is 11.8 Å². The molecule has 198 valence electrons. The maximum absolute atomic E-state index is 13.4. The number of hydrogen-bond acceptors (Lipinski definition) is 8. The van der Waals surface area contributed by atoms with E-state index < -0.39 is 10.8 Å². The minimum absolute atomic E-state index is 0.0487. The Bertz CT molecular complexity index is 1550. The maximum Gasteiger partial charge on any atom is 0.269 e. The number of nitriles is 1. The largest absolute Gasteiger partial charge is 0.468 e. The molecule has 0 spiro atoms. The smallest absolute Gasteiger partial charge is 0.269 e. The predicted octanol–water partition coefficient (Wildman–Crippen LogP) is 5.51. The Morgan fingerprint density at radius 1 is 1.13 bits per heavy atom. The van der Waals surface area contributed by atoms with Gasteiger partial charge in [-0.1, -0.05) is 23.9 Å². The highest BCUT2D eigenvalue weighted by Gasteiger charge is 2.36. The molecule has 0 unspecified atom stereocenters. The van der Waals surface area contributed by atoms with E-state index in [1.807, 2.05) is 25.1 Å². The molecule has 3 N–H and O–H groups in total. The number of allylic oxidation sites excluding steroid dienone is 2. The molecule has 1 aliphatic rings. The molecular weight excluding hydrogens is 518 g/mol. The van der Waals surface area contributed by atoms with Crippen molar-refractivity contribution >= 4 is 40.6 Å². The third-order valence-corrected chi connectivity index (χ3v) is 7.06.